The summed E-state index contributed by atoms with van der Waals surface area (Å²) in [5, 5.41) is 2.85. The van der Waals surface area contributed by atoms with Gasteiger partial charge in [-0.1, -0.05) is 25.0 Å². The molecular weight excluding hydrogens is 302 g/mol. The molecule has 2 amide bonds. The van der Waals surface area contributed by atoms with Crippen molar-refractivity contribution >= 4 is 17.5 Å². The number of hydrogen-bond donors (Lipinski definition) is 2. The van der Waals surface area contributed by atoms with Gasteiger partial charge in [-0.05, 0) is 37.1 Å². The molecule has 0 aromatic heterocycles. The Morgan fingerprint density at radius 3 is 2.17 bits per heavy atom. The van der Waals surface area contributed by atoms with Crippen molar-refractivity contribution in [3.8, 4) is 0 Å². The zero-order chi connectivity index (χ0) is 17.6. The van der Waals surface area contributed by atoms with Crippen LogP contribution < -0.4 is 11.1 Å². The molecule has 1 aliphatic carbocycles. The second kappa shape index (κ2) is 7.93. The van der Waals surface area contributed by atoms with E-state index in [-0.39, 0.29) is 11.8 Å². The van der Waals surface area contributed by atoms with Gasteiger partial charge in [0.2, 0.25) is 5.91 Å². The third kappa shape index (κ3) is 4.11. The summed E-state index contributed by atoms with van der Waals surface area (Å²) >= 11 is 0. The Hall–Kier alpha value is -2.40. The molecule has 5 nitrogen and oxygen atoms in total. The molecule has 5 heteroatoms. The molecule has 0 atom stereocenters. The maximum atomic E-state index is 12.4. The molecule has 0 saturated heterocycles. The molecule has 1 aromatic rings. The number of amides is 2. The molecule has 0 heterocycles. The fourth-order valence-electron chi connectivity index (χ4n) is 2.92. The Kier molecular flexibility index (Phi) is 5.93. The first kappa shape index (κ1) is 17.9. The van der Waals surface area contributed by atoms with E-state index in [4.69, 9.17) is 5.73 Å². The number of carbonyl (C=O) groups excluding carboxylic acids is 2. The van der Waals surface area contributed by atoms with Gasteiger partial charge in [0.1, 0.15) is 0 Å². The molecule has 0 unspecified atom stereocenters. The SMILES string of the molecule is C=CCN(CC=C)C(=O)c1ccc(NC(=O)C2(N)CCCC2)cc1. The summed E-state index contributed by atoms with van der Waals surface area (Å²) in [5.74, 6) is -0.252. The van der Waals surface area contributed by atoms with Gasteiger partial charge in [0.15, 0.2) is 0 Å². The van der Waals surface area contributed by atoms with Crippen molar-refractivity contribution in [1.29, 1.82) is 0 Å². The van der Waals surface area contributed by atoms with Crippen LogP contribution in [0.25, 0.3) is 0 Å². The lowest BCUT2D eigenvalue weighted by molar-refractivity contribution is -0.121. The predicted octanol–water partition coefficient (Wildman–Crippen LogP) is 2.71. The van der Waals surface area contributed by atoms with Crippen molar-refractivity contribution in [3.05, 3.63) is 55.1 Å². The zero-order valence-corrected chi connectivity index (χ0v) is 14.0. The highest BCUT2D eigenvalue weighted by Gasteiger charge is 2.36. The highest BCUT2D eigenvalue weighted by Crippen LogP contribution is 2.28. The van der Waals surface area contributed by atoms with Gasteiger partial charge in [-0.2, -0.15) is 0 Å². The van der Waals surface area contributed by atoms with Crippen molar-refractivity contribution in [2.24, 2.45) is 5.73 Å². The maximum absolute atomic E-state index is 12.4. The Morgan fingerprint density at radius 2 is 1.67 bits per heavy atom. The van der Waals surface area contributed by atoms with Crippen LogP contribution in [0, 0.1) is 0 Å². The normalized spacial score (nSPS) is 15.5. The quantitative estimate of drug-likeness (QED) is 0.756. The third-order valence-electron chi connectivity index (χ3n) is 4.32. The molecule has 0 aliphatic heterocycles. The van der Waals surface area contributed by atoms with Crippen LogP contribution in [-0.4, -0.2) is 35.3 Å². The topological polar surface area (TPSA) is 75.4 Å². The van der Waals surface area contributed by atoms with E-state index in [1.165, 1.54) is 0 Å². The first-order valence-electron chi connectivity index (χ1n) is 8.21. The summed E-state index contributed by atoms with van der Waals surface area (Å²) < 4.78 is 0. The van der Waals surface area contributed by atoms with Gasteiger partial charge in [0, 0.05) is 24.3 Å². The van der Waals surface area contributed by atoms with Gasteiger partial charge in [-0.25, -0.2) is 0 Å². The molecule has 1 fully saturated rings. The van der Waals surface area contributed by atoms with Gasteiger partial charge in [0.05, 0.1) is 5.54 Å². The summed E-state index contributed by atoms with van der Waals surface area (Å²) in [6.07, 6.45) is 6.76. The third-order valence-corrected chi connectivity index (χ3v) is 4.32. The van der Waals surface area contributed by atoms with Crippen LogP contribution >= 0.6 is 0 Å². The van der Waals surface area contributed by atoms with Crippen LogP contribution in [0.5, 0.6) is 0 Å². The van der Waals surface area contributed by atoms with Crippen LogP contribution in [-0.2, 0) is 4.79 Å². The Bertz CT molecular complexity index is 606. The van der Waals surface area contributed by atoms with Gasteiger partial charge in [-0.15, -0.1) is 13.2 Å². The summed E-state index contributed by atoms with van der Waals surface area (Å²) in [5.41, 5.74) is 6.58. The van der Waals surface area contributed by atoms with E-state index in [1.54, 1.807) is 41.3 Å². The second-order valence-electron chi connectivity index (χ2n) is 6.18. The molecule has 1 aromatic carbocycles. The Balaban J connectivity index is 2.04. The molecule has 128 valence electrons. The van der Waals surface area contributed by atoms with E-state index in [0.717, 1.165) is 12.8 Å². The number of benzene rings is 1. The molecule has 0 bridgehead atoms. The van der Waals surface area contributed by atoms with Crippen molar-refractivity contribution in [1.82, 2.24) is 4.90 Å². The molecule has 1 aliphatic rings. The van der Waals surface area contributed by atoms with E-state index in [2.05, 4.69) is 18.5 Å². The Labute approximate surface area is 143 Å². The minimum Gasteiger partial charge on any atom is -0.331 e. The van der Waals surface area contributed by atoms with Gasteiger partial charge in [0.25, 0.3) is 5.91 Å². The fourth-order valence-corrected chi connectivity index (χ4v) is 2.92. The van der Waals surface area contributed by atoms with Crippen LogP contribution in [0.15, 0.2) is 49.6 Å². The minimum absolute atomic E-state index is 0.0984. The van der Waals surface area contributed by atoms with E-state index in [9.17, 15) is 9.59 Å². The lowest BCUT2D eigenvalue weighted by Gasteiger charge is -2.22. The average molecular weight is 327 g/mol. The number of nitrogens with one attached hydrogen (secondary N) is 1. The number of anilines is 1. The minimum atomic E-state index is -0.765. The lowest BCUT2D eigenvalue weighted by Crippen LogP contribution is -2.48. The monoisotopic (exact) mass is 327 g/mol. The first-order valence-corrected chi connectivity index (χ1v) is 8.21. The van der Waals surface area contributed by atoms with Crippen LogP contribution in [0.2, 0.25) is 0 Å². The number of carbonyl (C=O) groups is 2. The molecule has 1 saturated carbocycles. The Morgan fingerprint density at radius 1 is 1.12 bits per heavy atom. The van der Waals surface area contributed by atoms with Crippen molar-refractivity contribution in [2.75, 3.05) is 18.4 Å². The second-order valence-corrected chi connectivity index (χ2v) is 6.18. The summed E-state index contributed by atoms with van der Waals surface area (Å²) in [6, 6.07) is 6.86. The van der Waals surface area contributed by atoms with Crippen LogP contribution in [0.1, 0.15) is 36.0 Å². The highest BCUT2D eigenvalue weighted by molar-refractivity contribution is 5.99. The molecule has 3 N–H and O–H groups in total. The summed E-state index contributed by atoms with van der Waals surface area (Å²) in [6.45, 7) is 8.24. The molecule has 24 heavy (non-hydrogen) atoms. The fraction of sp³-hybridized carbons (Fsp3) is 0.368. The molecule has 2 rings (SSSR count). The number of hydrogen-bond acceptors (Lipinski definition) is 3. The van der Waals surface area contributed by atoms with Crippen LogP contribution in [0.3, 0.4) is 0 Å². The van der Waals surface area contributed by atoms with E-state index in [1.807, 2.05) is 0 Å². The van der Waals surface area contributed by atoms with Crippen molar-refractivity contribution in [3.63, 3.8) is 0 Å². The molecule has 0 radical (unpaired) electrons. The molecular formula is C19H25N3O2. The average Bonchev–Trinajstić information content (AvgIpc) is 3.03. The van der Waals surface area contributed by atoms with Crippen molar-refractivity contribution < 1.29 is 9.59 Å². The summed E-state index contributed by atoms with van der Waals surface area (Å²) in [4.78, 5) is 26.4. The zero-order valence-electron chi connectivity index (χ0n) is 14.0. The lowest BCUT2D eigenvalue weighted by atomic mass is 9.98. The van der Waals surface area contributed by atoms with Crippen LogP contribution in [0.4, 0.5) is 5.69 Å². The summed E-state index contributed by atoms with van der Waals surface area (Å²) in [7, 11) is 0. The highest BCUT2D eigenvalue weighted by atomic mass is 16.2. The van der Waals surface area contributed by atoms with Crippen molar-refractivity contribution in [2.45, 2.75) is 31.2 Å². The largest absolute Gasteiger partial charge is 0.331 e. The number of nitrogens with zero attached hydrogens (tertiary/aromatic N) is 1. The van der Waals surface area contributed by atoms with Gasteiger partial charge < -0.3 is 16.0 Å². The van der Waals surface area contributed by atoms with E-state index >= 15 is 0 Å². The number of nitrogens with two attached hydrogens (primary N) is 1. The van der Waals surface area contributed by atoms with Gasteiger partial charge >= 0.3 is 0 Å². The van der Waals surface area contributed by atoms with E-state index < -0.39 is 5.54 Å². The van der Waals surface area contributed by atoms with Gasteiger partial charge in [-0.3, -0.25) is 9.59 Å². The standard InChI is InChI=1S/C19H25N3O2/c1-3-13-22(14-4-2)17(23)15-7-9-16(10-8-15)21-18(24)19(20)11-5-6-12-19/h3-4,7-10H,1-2,5-6,11-14,20H2,(H,21,24). The smallest absolute Gasteiger partial charge is 0.254 e. The van der Waals surface area contributed by atoms with E-state index in [0.29, 0.717) is 37.2 Å². The first-order chi connectivity index (χ1) is 11.5. The predicted molar refractivity (Wildman–Crippen MR) is 96.8 cm³/mol. The maximum Gasteiger partial charge on any atom is 0.254 e. The molecule has 0 spiro atoms. The number of rotatable bonds is 7.